The van der Waals surface area contributed by atoms with Gasteiger partial charge in [0.1, 0.15) is 5.75 Å². The van der Waals surface area contributed by atoms with Crippen LogP contribution in [0.1, 0.15) is 0 Å². The molecule has 0 aliphatic rings. The Balaban J connectivity index is 3.46. The zero-order chi connectivity index (χ0) is 8.59. The lowest BCUT2D eigenvalue weighted by atomic mass is 10.2. The Morgan fingerprint density at radius 2 is 1.45 bits per heavy atom. The Bertz CT molecular complexity index is 271. The molecule has 5 nitrogen and oxygen atoms in total. The number of nitrogens with two attached hydrogens (primary N) is 4. The zero-order valence-electron chi connectivity index (χ0n) is 5.83. The van der Waals surface area contributed by atoms with E-state index < -0.39 is 0 Å². The van der Waals surface area contributed by atoms with E-state index in [1.165, 1.54) is 6.07 Å². The molecular weight excluding hydrogens is 144 g/mol. The number of phenols is 1. The van der Waals surface area contributed by atoms with Gasteiger partial charge in [-0.25, -0.2) is 0 Å². The molecule has 0 saturated heterocycles. The van der Waals surface area contributed by atoms with E-state index in [4.69, 9.17) is 28.0 Å². The van der Waals surface area contributed by atoms with Gasteiger partial charge >= 0.3 is 0 Å². The molecule has 5 heteroatoms. The van der Waals surface area contributed by atoms with Gasteiger partial charge < -0.3 is 28.0 Å². The van der Waals surface area contributed by atoms with Crippen molar-refractivity contribution >= 4 is 22.7 Å². The second kappa shape index (κ2) is 2.12. The van der Waals surface area contributed by atoms with E-state index >= 15 is 0 Å². The molecule has 0 bridgehead atoms. The minimum atomic E-state index is -0.144. The fraction of sp³-hybridized carbons (Fsp3) is 0. The van der Waals surface area contributed by atoms with Gasteiger partial charge in [0.05, 0.1) is 22.7 Å². The summed E-state index contributed by atoms with van der Waals surface area (Å²) >= 11 is 0. The molecule has 0 aromatic heterocycles. The highest BCUT2D eigenvalue weighted by molar-refractivity contribution is 5.89. The van der Waals surface area contributed by atoms with Crippen molar-refractivity contribution in [1.82, 2.24) is 0 Å². The zero-order valence-corrected chi connectivity index (χ0v) is 5.83. The molecule has 0 saturated carbocycles. The molecule has 0 aliphatic heterocycles. The van der Waals surface area contributed by atoms with Gasteiger partial charge in [0.2, 0.25) is 0 Å². The van der Waals surface area contributed by atoms with Crippen molar-refractivity contribution in [2.24, 2.45) is 0 Å². The summed E-state index contributed by atoms with van der Waals surface area (Å²) < 4.78 is 0. The molecule has 0 unspecified atom stereocenters. The number of anilines is 4. The van der Waals surface area contributed by atoms with Crippen molar-refractivity contribution in [3.05, 3.63) is 6.07 Å². The van der Waals surface area contributed by atoms with E-state index in [1.54, 1.807) is 0 Å². The van der Waals surface area contributed by atoms with Crippen LogP contribution < -0.4 is 22.9 Å². The Kier molecular flexibility index (Phi) is 1.41. The quantitative estimate of drug-likeness (QED) is 0.200. The number of hydrogen-bond donors (Lipinski definition) is 5. The molecule has 0 fully saturated rings. The predicted molar refractivity (Wildman–Crippen MR) is 45.8 cm³/mol. The topological polar surface area (TPSA) is 124 Å². The van der Waals surface area contributed by atoms with Crippen molar-refractivity contribution < 1.29 is 5.11 Å². The smallest absolute Gasteiger partial charge is 0.142 e. The minimum absolute atomic E-state index is 0.0664. The van der Waals surface area contributed by atoms with Crippen LogP contribution in [0.5, 0.6) is 5.75 Å². The maximum absolute atomic E-state index is 9.06. The first kappa shape index (κ1) is 7.33. The van der Waals surface area contributed by atoms with E-state index in [1.807, 2.05) is 0 Å². The number of phenolic OH excluding ortho intramolecular Hbond substituents is 1. The lowest BCUT2D eigenvalue weighted by molar-refractivity contribution is 0.478. The number of hydrogen-bond acceptors (Lipinski definition) is 5. The van der Waals surface area contributed by atoms with Crippen molar-refractivity contribution in [3.8, 4) is 5.75 Å². The van der Waals surface area contributed by atoms with Gasteiger partial charge in [-0.3, -0.25) is 0 Å². The van der Waals surface area contributed by atoms with Crippen molar-refractivity contribution in [2.75, 3.05) is 22.9 Å². The Morgan fingerprint density at radius 3 is 2.00 bits per heavy atom. The highest BCUT2D eigenvalue weighted by Crippen LogP contribution is 2.35. The molecular formula is C6H10N4O. The summed E-state index contributed by atoms with van der Waals surface area (Å²) in [5.41, 5.74) is 22.1. The summed E-state index contributed by atoms with van der Waals surface area (Å²) in [6.07, 6.45) is 0. The van der Waals surface area contributed by atoms with Gasteiger partial charge in [0.15, 0.2) is 0 Å². The standard InChI is InChI=1S/C6H10N4O/c7-2-1-3(11)5(9)6(10)4(2)8/h1,11H,7-10H2. The first-order chi connectivity index (χ1) is 5.04. The monoisotopic (exact) mass is 154 g/mol. The normalized spacial score (nSPS) is 9.82. The first-order valence-corrected chi connectivity index (χ1v) is 2.96. The summed E-state index contributed by atoms with van der Waals surface area (Å²) in [4.78, 5) is 0. The highest BCUT2D eigenvalue weighted by Gasteiger charge is 2.07. The van der Waals surface area contributed by atoms with Crippen LogP contribution in [0, 0.1) is 0 Å². The maximum Gasteiger partial charge on any atom is 0.142 e. The van der Waals surface area contributed by atoms with Gasteiger partial charge in [0, 0.05) is 6.07 Å². The molecule has 9 N–H and O–H groups in total. The van der Waals surface area contributed by atoms with Gasteiger partial charge in [-0.2, -0.15) is 0 Å². The van der Waals surface area contributed by atoms with Crippen LogP contribution in [-0.2, 0) is 0 Å². The lowest BCUT2D eigenvalue weighted by Crippen LogP contribution is -2.03. The van der Waals surface area contributed by atoms with Gasteiger partial charge in [-0.15, -0.1) is 0 Å². The minimum Gasteiger partial charge on any atom is -0.506 e. The van der Waals surface area contributed by atoms with Crippen LogP contribution in [0.4, 0.5) is 22.7 Å². The number of aromatic hydroxyl groups is 1. The molecule has 0 radical (unpaired) electrons. The molecule has 11 heavy (non-hydrogen) atoms. The van der Waals surface area contributed by atoms with E-state index in [9.17, 15) is 0 Å². The van der Waals surface area contributed by atoms with Crippen LogP contribution in [0.3, 0.4) is 0 Å². The summed E-state index contributed by atoms with van der Waals surface area (Å²) in [7, 11) is 0. The largest absolute Gasteiger partial charge is 0.506 e. The molecule has 0 aliphatic carbocycles. The summed E-state index contributed by atoms with van der Waals surface area (Å²) in [6, 6.07) is 1.26. The third kappa shape index (κ3) is 0.958. The molecule has 0 spiro atoms. The fourth-order valence-electron chi connectivity index (χ4n) is 0.741. The molecule has 0 amide bonds. The molecule has 0 heterocycles. The molecule has 1 aromatic carbocycles. The van der Waals surface area contributed by atoms with Crippen molar-refractivity contribution in [2.45, 2.75) is 0 Å². The van der Waals surface area contributed by atoms with Crippen LogP contribution in [0.25, 0.3) is 0 Å². The third-order valence-electron chi connectivity index (χ3n) is 1.46. The van der Waals surface area contributed by atoms with Crippen LogP contribution in [0.15, 0.2) is 6.07 Å². The Hall–Kier alpha value is -1.78. The van der Waals surface area contributed by atoms with Crippen LogP contribution >= 0.6 is 0 Å². The summed E-state index contributed by atoms with van der Waals surface area (Å²) in [6.45, 7) is 0. The van der Waals surface area contributed by atoms with Crippen molar-refractivity contribution in [1.29, 1.82) is 0 Å². The maximum atomic E-state index is 9.06. The van der Waals surface area contributed by atoms with Crippen LogP contribution in [-0.4, -0.2) is 5.11 Å². The van der Waals surface area contributed by atoms with Crippen LogP contribution in [0.2, 0.25) is 0 Å². The van der Waals surface area contributed by atoms with Crippen molar-refractivity contribution in [3.63, 3.8) is 0 Å². The average Bonchev–Trinajstić information content (AvgIpc) is 1.97. The number of benzene rings is 1. The van der Waals surface area contributed by atoms with E-state index in [0.29, 0.717) is 0 Å². The Labute approximate surface area is 63.6 Å². The predicted octanol–water partition coefficient (Wildman–Crippen LogP) is -0.279. The highest BCUT2D eigenvalue weighted by atomic mass is 16.3. The number of rotatable bonds is 0. The lowest BCUT2D eigenvalue weighted by Gasteiger charge is -2.08. The second-order valence-corrected chi connectivity index (χ2v) is 2.23. The Morgan fingerprint density at radius 1 is 0.909 bits per heavy atom. The van der Waals surface area contributed by atoms with E-state index in [0.717, 1.165) is 0 Å². The SMILES string of the molecule is Nc1cc(O)c(N)c(N)c1N. The first-order valence-electron chi connectivity index (χ1n) is 2.96. The third-order valence-corrected chi connectivity index (χ3v) is 1.46. The van der Waals surface area contributed by atoms with Gasteiger partial charge in [-0.1, -0.05) is 0 Å². The second-order valence-electron chi connectivity index (χ2n) is 2.23. The summed E-state index contributed by atoms with van der Waals surface area (Å²) in [5.74, 6) is -0.144. The molecule has 0 atom stereocenters. The molecule has 1 rings (SSSR count). The average molecular weight is 154 g/mol. The van der Waals surface area contributed by atoms with E-state index in [2.05, 4.69) is 0 Å². The van der Waals surface area contributed by atoms with Gasteiger partial charge in [0.25, 0.3) is 0 Å². The molecule has 60 valence electrons. The number of nitrogen functional groups attached to an aromatic ring is 4. The summed E-state index contributed by atoms with van der Waals surface area (Å²) in [5, 5.41) is 9.06. The van der Waals surface area contributed by atoms with Gasteiger partial charge in [-0.05, 0) is 0 Å². The van der Waals surface area contributed by atoms with E-state index in [-0.39, 0.29) is 28.5 Å². The fourth-order valence-corrected chi connectivity index (χ4v) is 0.741. The molecule has 1 aromatic rings.